The molecule has 0 radical (unpaired) electrons. The SMILES string of the molecule is CC(C)(C)c1ccc(Nc2cc3sc4ccccc4c3cc2-c2c3c(c4c5cc6c(cc5n5c4c2Bc2cc4c(cc2-5)C(c2ccccc2)C(c2ccccc2)S4)C(C)(C)CCC6(C)C)-c2ccccc2C3(C)C)cc1. The van der Waals surface area contributed by atoms with E-state index in [-0.39, 0.29) is 32.8 Å². The Morgan fingerprint density at radius 1 is 0.592 bits per heavy atom. The van der Waals surface area contributed by atoms with Crippen LogP contribution in [0.15, 0.2) is 175 Å². The molecule has 0 saturated heterocycles. The first kappa shape index (κ1) is 46.5. The number of hydrogen-bond acceptors (Lipinski definition) is 3. The fourth-order valence-corrected chi connectivity index (χ4v) is 17.2. The predicted molar refractivity (Wildman–Crippen MR) is 330 cm³/mol. The molecule has 0 spiro atoms. The number of thiophene rings is 1. The molecule has 1 N–H and O–H groups in total. The molecule has 5 heteroatoms. The summed E-state index contributed by atoms with van der Waals surface area (Å²) in [5.74, 6) is 0.210. The van der Waals surface area contributed by atoms with Gasteiger partial charge in [0, 0.05) is 80.6 Å². The van der Waals surface area contributed by atoms with E-state index >= 15 is 0 Å². The van der Waals surface area contributed by atoms with Crippen LogP contribution in [0.2, 0.25) is 0 Å². The van der Waals surface area contributed by atoms with Gasteiger partial charge in [0.15, 0.2) is 7.28 Å². The molecule has 11 aromatic rings. The van der Waals surface area contributed by atoms with Gasteiger partial charge in [0.1, 0.15) is 0 Å². The number of nitrogens with one attached hydrogen (secondary N) is 1. The van der Waals surface area contributed by atoms with Crippen molar-refractivity contribution in [3.63, 3.8) is 0 Å². The fraction of sp³-hybridized carbons (Fsp3) is 0.239. The Morgan fingerprint density at radius 2 is 1.26 bits per heavy atom. The second kappa shape index (κ2) is 16.1. The normalized spacial score (nSPS) is 18.3. The van der Waals surface area contributed by atoms with Gasteiger partial charge in [-0.1, -0.05) is 189 Å². The van der Waals surface area contributed by atoms with Crippen LogP contribution in [0.5, 0.6) is 0 Å². The summed E-state index contributed by atoms with van der Waals surface area (Å²) >= 11 is 3.97. The van der Waals surface area contributed by atoms with Gasteiger partial charge in [-0.3, -0.25) is 0 Å². The van der Waals surface area contributed by atoms with Crippen molar-refractivity contribution in [2.75, 3.05) is 5.32 Å². The monoisotopic (exact) mass is 1020 g/mol. The van der Waals surface area contributed by atoms with Crippen molar-refractivity contribution in [1.29, 1.82) is 0 Å². The lowest BCUT2D eigenvalue weighted by Gasteiger charge is -2.42. The van der Waals surface area contributed by atoms with Crippen molar-refractivity contribution in [3.8, 4) is 27.9 Å². The van der Waals surface area contributed by atoms with E-state index < -0.39 is 0 Å². The average Bonchev–Trinajstić information content (AvgIpc) is 4.26. The molecular weight excluding hydrogens is 956 g/mol. The number of aromatic nitrogens is 1. The second-order valence-corrected chi connectivity index (χ2v) is 27.8. The number of nitrogens with zero attached hydrogens (tertiary/aromatic N) is 1. The van der Waals surface area contributed by atoms with Crippen molar-refractivity contribution >= 4 is 94.7 Å². The first-order chi connectivity index (χ1) is 36.5. The summed E-state index contributed by atoms with van der Waals surface area (Å²) in [5.41, 5.74) is 25.8. The van der Waals surface area contributed by atoms with Gasteiger partial charge in [0.2, 0.25) is 0 Å². The molecule has 0 bridgehead atoms. The minimum Gasteiger partial charge on any atom is -0.355 e. The molecule has 2 nitrogen and oxygen atoms in total. The summed E-state index contributed by atoms with van der Waals surface area (Å²) in [5, 5.41) is 9.84. The lowest BCUT2D eigenvalue weighted by Crippen LogP contribution is -2.39. The highest BCUT2D eigenvalue weighted by Gasteiger charge is 2.46. The van der Waals surface area contributed by atoms with Gasteiger partial charge in [-0.2, -0.15) is 0 Å². The number of benzene rings is 9. The Bertz CT molecular complexity index is 4260. The summed E-state index contributed by atoms with van der Waals surface area (Å²) < 4.78 is 5.41. The number of rotatable bonds is 5. The highest BCUT2D eigenvalue weighted by molar-refractivity contribution is 8.00. The van der Waals surface area contributed by atoms with E-state index in [4.69, 9.17) is 0 Å². The minimum absolute atomic E-state index is 0.0397. The van der Waals surface area contributed by atoms with Gasteiger partial charge in [0.05, 0.1) is 5.52 Å². The topological polar surface area (TPSA) is 17.0 Å². The Kier molecular flexibility index (Phi) is 9.87. The largest absolute Gasteiger partial charge is 0.355 e. The Balaban J connectivity index is 1.10. The quantitative estimate of drug-likeness (QED) is 0.173. The van der Waals surface area contributed by atoms with Crippen molar-refractivity contribution in [1.82, 2.24) is 4.57 Å². The van der Waals surface area contributed by atoms with Crippen LogP contribution in [-0.2, 0) is 21.7 Å². The van der Waals surface area contributed by atoms with E-state index in [2.05, 4.69) is 254 Å². The molecule has 2 aliphatic heterocycles. The maximum Gasteiger partial charge on any atom is 0.198 e. The van der Waals surface area contributed by atoms with Crippen LogP contribution in [0, 0.1) is 0 Å². The molecule has 0 fully saturated rings. The molecule has 0 saturated carbocycles. The molecular formula is C71H63BN2S2. The van der Waals surface area contributed by atoms with Crippen LogP contribution in [0.4, 0.5) is 11.4 Å². The van der Waals surface area contributed by atoms with Crippen molar-refractivity contribution in [2.45, 2.75) is 113 Å². The predicted octanol–water partition coefficient (Wildman–Crippen LogP) is 18.2. The first-order valence-corrected chi connectivity index (χ1v) is 29.3. The summed E-state index contributed by atoms with van der Waals surface area (Å²) in [6.45, 7) is 21.9. The summed E-state index contributed by atoms with van der Waals surface area (Å²) in [6, 6.07) is 65.9. The zero-order valence-corrected chi connectivity index (χ0v) is 46.8. The van der Waals surface area contributed by atoms with Crippen molar-refractivity contribution in [3.05, 3.63) is 214 Å². The van der Waals surface area contributed by atoms with Crippen molar-refractivity contribution < 1.29 is 0 Å². The van der Waals surface area contributed by atoms with Crippen LogP contribution in [0.25, 0.3) is 69.9 Å². The smallest absolute Gasteiger partial charge is 0.198 e. The number of anilines is 2. The standard InChI is InChI=1S/C71H63BN2S2/c1-68(2,3)42-28-30-43(31-29-42)73-54-39-59-46(44-24-17-19-27-57(44)75-59)34-47(54)63-64-61(45-25-16-18-26-50(45)71(64,8)9)62-48-35-51-52(70(6,7)33-32-69(51,4)5)37-55(48)74-56-36-49-58(38-53(56)72-65(63)66(62)74)76-67(41-22-14-11-15-23-41)60(49)40-20-12-10-13-21-40/h10-31,34-39,60,67,72-73H,32-33H2,1-9H3. The zero-order valence-electron chi connectivity index (χ0n) is 45.2. The highest BCUT2D eigenvalue weighted by atomic mass is 32.2. The molecule has 2 unspecified atom stereocenters. The van der Waals surface area contributed by atoms with Gasteiger partial charge in [-0.15, -0.1) is 23.1 Å². The molecule has 0 amide bonds. The maximum absolute atomic E-state index is 4.13. The maximum atomic E-state index is 4.13. The highest BCUT2D eigenvalue weighted by Crippen LogP contribution is 2.61. The molecule has 9 aromatic carbocycles. The Hall–Kier alpha value is -6.79. The Labute approximate surface area is 456 Å². The minimum atomic E-state index is -0.299. The molecule has 15 rings (SSSR count). The van der Waals surface area contributed by atoms with Crippen LogP contribution in [0.3, 0.4) is 0 Å². The lowest BCUT2D eigenvalue weighted by atomic mass is 9.57. The molecule has 76 heavy (non-hydrogen) atoms. The van der Waals surface area contributed by atoms with Crippen LogP contribution >= 0.6 is 23.1 Å². The van der Waals surface area contributed by atoms with Crippen LogP contribution < -0.4 is 16.2 Å². The molecule has 2 atom stereocenters. The van der Waals surface area contributed by atoms with Crippen LogP contribution in [-0.4, -0.2) is 11.8 Å². The van der Waals surface area contributed by atoms with E-state index in [1.165, 1.54) is 143 Å². The lowest BCUT2D eigenvalue weighted by molar-refractivity contribution is 0.332. The molecule has 372 valence electrons. The van der Waals surface area contributed by atoms with Gasteiger partial charge in [0.25, 0.3) is 0 Å². The van der Waals surface area contributed by atoms with E-state index in [0.29, 0.717) is 0 Å². The molecule has 4 aliphatic rings. The molecule has 4 heterocycles. The van der Waals surface area contributed by atoms with Gasteiger partial charge in [-0.25, -0.2) is 0 Å². The van der Waals surface area contributed by atoms with Crippen molar-refractivity contribution in [2.24, 2.45) is 0 Å². The van der Waals surface area contributed by atoms with E-state index in [9.17, 15) is 0 Å². The number of fused-ring (bicyclic) bond motifs is 14. The third-order valence-corrected chi connectivity index (χ3v) is 21.1. The fourth-order valence-electron chi connectivity index (χ4n) is 14.5. The Morgan fingerprint density at radius 3 is 2.00 bits per heavy atom. The van der Waals surface area contributed by atoms with E-state index in [1.54, 1.807) is 0 Å². The number of hydrogen-bond donors (Lipinski definition) is 1. The van der Waals surface area contributed by atoms with Gasteiger partial charge < -0.3 is 9.88 Å². The van der Waals surface area contributed by atoms with E-state index in [1.807, 2.05) is 11.3 Å². The second-order valence-electron chi connectivity index (χ2n) is 25.5. The van der Waals surface area contributed by atoms with Gasteiger partial charge in [-0.05, 0) is 144 Å². The first-order valence-electron chi connectivity index (χ1n) is 27.6. The van der Waals surface area contributed by atoms with Crippen LogP contribution in [0.1, 0.15) is 131 Å². The molecule has 2 aliphatic carbocycles. The molecule has 2 aromatic heterocycles. The number of thioether (sulfide) groups is 1. The van der Waals surface area contributed by atoms with E-state index in [0.717, 1.165) is 18.7 Å². The third kappa shape index (κ3) is 6.67. The summed E-state index contributed by atoms with van der Waals surface area (Å²) in [7, 11) is 0.829. The third-order valence-electron chi connectivity index (χ3n) is 18.6. The zero-order chi connectivity index (χ0) is 51.8. The summed E-state index contributed by atoms with van der Waals surface area (Å²) in [4.78, 5) is 1.40. The van der Waals surface area contributed by atoms with Gasteiger partial charge >= 0.3 is 0 Å². The average molecular weight is 1020 g/mol. The summed E-state index contributed by atoms with van der Waals surface area (Å²) in [6.07, 6.45) is 2.34.